The van der Waals surface area contributed by atoms with Crippen molar-refractivity contribution in [3.63, 3.8) is 0 Å². The maximum atomic E-state index is 13.7. The van der Waals surface area contributed by atoms with Gasteiger partial charge >= 0.3 is 0 Å². The lowest BCUT2D eigenvalue weighted by Crippen LogP contribution is -2.50. The zero-order valence-electron chi connectivity index (χ0n) is 19.8. The standard InChI is InChI=1S/C27H31N3O4/c1-18-8-7-9-20(16-18)26(33)29(22-10-5-3-4-6-11-22)24-17-25(32)30(27(24)34)23-14-12-21(13-15-23)28-19(2)31/h7-9,12-16,22,24H,3-6,10-11,17H2,1-2H3,(H,28,31). The quantitative estimate of drug-likeness (QED) is 0.526. The Kier molecular flexibility index (Phi) is 7.10. The van der Waals surface area contributed by atoms with Crippen molar-refractivity contribution in [1.29, 1.82) is 0 Å². The molecule has 1 saturated carbocycles. The van der Waals surface area contributed by atoms with Gasteiger partial charge in [-0.2, -0.15) is 0 Å². The highest BCUT2D eigenvalue weighted by Gasteiger charge is 2.46. The van der Waals surface area contributed by atoms with E-state index in [0.717, 1.165) is 44.1 Å². The molecule has 7 nitrogen and oxygen atoms in total. The number of hydrogen-bond acceptors (Lipinski definition) is 4. The zero-order chi connectivity index (χ0) is 24.2. The second kappa shape index (κ2) is 10.2. The van der Waals surface area contributed by atoms with Crippen LogP contribution in [0.4, 0.5) is 11.4 Å². The van der Waals surface area contributed by atoms with Crippen molar-refractivity contribution in [1.82, 2.24) is 4.90 Å². The van der Waals surface area contributed by atoms with Gasteiger partial charge in [0, 0.05) is 24.2 Å². The Morgan fingerprint density at radius 1 is 0.971 bits per heavy atom. The highest BCUT2D eigenvalue weighted by molar-refractivity contribution is 6.23. The first kappa shape index (κ1) is 23.7. The van der Waals surface area contributed by atoms with Crippen molar-refractivity contribution in [2.75, 3.05) is 10.2 Å². The summed E-state index contributed by atoms with van der Waals surface area (Å²) in [7, 11) is 0. The van der Waals surface area contributed by atoms with Gasteiger partial charge in [0.25, 0.3) is 11.8 Å². The maximum absolute atomic E-state index is 13.7. The van der Waals surface area contributed by atoms with Gasteiger partial charge in [-0.25, -0.2) is 4.90 Å². The molecule has 0 aromatic heterocycles. The van der Waals surface area contributed by atoms with Gasteiger partial charge in [-0.15, -0.1) is 0 Å². The molecule has 2 aromatic carbocycles. The van der Waals surface area contributed by atoms with E-state index in [9.17, 15) is 19.2 Å². The second-order valence-corrected chi connectivity index (χ2v) is 9.24. The molecule has 1 aliphatic carbocycles. The molecule has 2 fully saturated rings. The highest BCUT2D eigenvalue weighted by atomic mass is 16.2. The lowest BCUT2D eigenvalue weighted by molar-refractivity contribution is -0.123. The third-order valence-corrected chi connectivity index (χ3v) is 6.62. The van der Waals surface area contributed by atoms with E-state index in [2.05, 4.69) is 5.32 Å². The van der Waals surface area contributed by atoms with Crippen molar-refractivity contribution in [3.8, 4) is 0 Å². The van der Waals surface area contributed by atoms with Crippen LogP contribution in [0, 0.1) is 6.92 Å². The Morgan fingerprint density at radius 2 is 1.65 bits per heavy atom. The van der Waals surface area contributed by atoms with E-state index in [1.807, 2.05) is 25.1 Å². The van der Waals surface area contributed by atoms with Crippen LogP contribution in [0.15, 0.2) is 48.5 Å². The Bertz CT molecular complexity index is 1090. The molecule has 1 aliphatic heterocycles. The van der Waals surface area contributed by atoms with Crippen LogP contribution in [0.5, 0.6) is 0 Å². The summed E-state index contributed by atoms with van der Waals surface area (Å²) in [6.45, 7) is 3.35. The predicted octanol–water partition coefficient (Wildman–Crippen LogP) is 4.45. The summed E-state index contributed by atoms with van der Waals surface area (Å²) in [6.07, 6.45) is 5.89. The van der Waals surface area contributed by atoms with E-state index < -0.39 is 6.04 Å². The van der Waals surface area contributed by atoms with Crippen molar-refractivity contribution in [2.45, 2.75) is 70.9 Å². The Morgan fingerprint density at radius 3 is 2.26 bits per heavy atom. The summed E-state index contributed by atoms with van der Waals surface area (Å²) in [5, 5.41) is 2.68. The number of carbonyl (C=O) groups excluding carboxylic acids is 4. The molecule has 4 amide bonds. The summed E-state index contributed by atoms with van der Waals surface area (Å²) >= 11 is 0. The lowest BCUT2D eigenvalue weighted by atomic mass is 10.0. The Hall–Kier alpha value is -3.48. The molecule has 1 heterocycles. The molecular formula is C27H31N3O4. The number of benzene rings is 2. The minimum Gasteiger partial charge on any atom is -0.326 e. The van der Waals surface area contributed by atoms with Gasteiger partial charge in [0.15, 0.2) is 0 Å². The molecule has 1 saturated heterocycles. The normalized spacial score (nSPS) is 19.1. The van der Waals surface area contributed by atoms with Crippen LogP contribution < -0.4 is 10.2 Å². The topological polar surface area (TPSA) is 86.8 Å². The first-order valence-electron chi connectivity index (χ1n) is 12.0. The molecule has 178 valence electrons. The minimum atomic E-state index is -0.821. The Labute approximate surface area is 200 Å². The van der Waals surface area contributed by atoms with Crippen LogP contribution in [0.2, 0.25) is 0 Å². The van der Waals surface area contributed by atoms with Crippen LogP contribution in [-0.2, 0) is 14.4 Å². The molecule has 0 spiro atoms. The minimum absolute atomic E-state index is 0.0274. The van der Waals surface area contributed by atoms with Gasteiger partial charge in [-0.3, -0.25) is 19.2 Å². The third-order valence-electron chi connectivity index (χ3n) is 6.62. The number of anilines is 2. The molecular weight excluding hydrogens is 430 g/mol. The lowest BCUT2D eigenvalue weighted by Gasteiger charge is -2.35. The largest absolute Gasteiger partial charge is 0.326 e. The molecule has 1 atom stereocenters. The smallest absolute Gasteiger partial charge is 0.257 e. The van der Waals surface area contributed by atoms with E-state index in [1.165, 1.54) is 11.8 Å². The summed E-state index contributed by atoms with van der Waals surface area (Å²) in [4.78, 5) is 54.5. The van der Waals surface area contributed by atoms with Gasteiger partial charge in [-0.05, 0) is 56.2 Å². The first-order valence-corrected chi connectivity index (χ1v) is 12.0. The van der Waals surface area contributed by atoms with Gasteiger partial charge in [-0.1, -0.05) is 43.4 Å². The van der Waals surface area contributed by atoms with Crippen molar-refractivity contribution in [2.24, 2.45) is 0 Å². The summed E-state index contributed by atoms with van der Waals surface area (Å²) in [5.74, 6) is -1.08. The fourth-order valence-corrected chi connectivity index (χ4v) is 5.03. The van der Waals surface area contributed by atoms with E-state index in [-0.39, 0.29) is 36.1 Å². The summed E-state index contributed by atoms with van der Waals surface area (Å²) in [5.41, 5.74) is 2.54. The van der Waals surface area contributed by atoms with E-state index >= 15 is 0 Å². The molecule has 2 aromatic rings. The van der Waals surface area contributed by atoms with E-state index in [0.29, 0.717) is 16.9 Å². The second-order valence-electron chi connectivity index (χ2n) is 9.24. The van der Waals surface area contributed by atoms with Crippen LogP contribution in [0.25, 0.3) is 0 Å². The number of imide groups is 1. The van der Waals surface area contributed by atoms with Crippen LogP contribution >= 0.6 is 0 Å². The summed E-state index contributed by atoms with van der Waals surface area (Å²) < 4.78 is 0. The average molecular weight is 462 g/mol. The number of nitrogens with zero attached hydrogens (tertiary/aromatic N) is 2. The molecule has 4 rings (SSSR count). The maximum Gasteiger partial charge on any atom is 0.257 e. The monoisotopic (exact) mass is 461 g/mol. The fourth-order valence-electron chi connectivity index (χ4n) is 5.03. The first-order chi connectivity index (χ1) is 16.3. The van der Waals surface area contributed by atoms with Crippen LogP contribution in [0.1, 0.15) is 67.8 Å². The molecule has 0 bridgehead atoms. The van der Waals surface area contributed by atoms with Gasteiger partial charge in [0.05, 0.1) is 12.1 Å². The number of rotatable bonds is 5. The molecule has 1 N–H and O–H groups in total. The zero-order valence-corrected chi connectivity index (χ0v) is 19.8. The SMILES string of the molecule is CC(=O)Nc1ccc(N2C(=O)CC(N(C(=O)c3cccc(C)c3)C3CCCCCC3)C2=O)cc1. The Balaban J connectivity index is 1.64. The molecule has 7 heteroatoms. The predicted molar refractivity (Wildman–Crippen MR) is 130 cm³/mol. The van der Waals surface area contributed by atoms with Crippen molar-refractivity contribution < 1.29 is 19.2 Å². The molecule has 34 heavy (non-hydrogen) atoms. The number of aryl methyl sites for hydroxylation is 1. The van der Waals surface area contributed by atoms with E-state index in [1.54, 1.807) is 35.2 Å². The molecule has 0 radical (unpaired) electrons. The van der Waals surface area contributed by atoms with Gasteiger partial charge in [0.1, 0.15) is 6.04 Å². The number of carbonyl (C=O) groups is 4. The van der Waals surface area contributed by atoms with Crippen molar-refractivity contribution in [3.05, 3.63) is 59.7 Å². The molecule has 2 aliphatic rings. The van der Waals surface area contributed by atoms with Crippen LogP contribution in [0.3, 0.4) is 0 Å². The van der Waals surface area contributed by atoms with Crippen molar-refractivity contribution >= 4 is 35.0 Å². The van der Waals surface area contributed by atoms with Gasteiger partial charge in [0.2, 0.25) is 11.8 Å². The average Bonchev–Trinajstić information content (AvgIpc) is 2.97. The number of hydrogen-bond donors (Lipinski definition) is 1. The van der Waals surface area contributed by atoms with E-state index in [4.69, 9.17) is 0 Å². The highest BCUT2D eigenvalue weighted by Crippen LogP contribution is 2.32. The summed E-state index contributed by atoms with van der Waals surface area (Å²) in [6, 6.07) is 13.1. The number of nitrogens with one attached hydrogen (secondary N) is 1. The molecule has 1 unspecified atom stereocenters. The third kappa shape index (κ3) is 5.03. The van der Waals surface area contributed by atoms with Gasteiger partial charge < -0.3 is 10.2 Å². The fraction of sp³-hybridized carbons (Fsp3) is 0.407. The van der Waals surface area contributed by atoms with Crippen LogP contribution in [-0.4, -0.2) is 40.6 Å². The number of amides is 4.